The van der Waals surface area contributed by atoms with E-state index in [2.05, 4.69) is 57.1 Å². The van der Waals surface area contributed by atoms with Crippen LogP contribution in [-0.4, -0.2) is 60.4 Å². The molecule has 132 valence electrons. The van der Waals surface area contributed by atoms with Crippen molar-refractivity contribution in [2.24, 2.45) is 4.99 Å². The van der Waals surface area contributed by atoms with Crippen LogP contribution in [0.25, 0.3) is 0 Å². The largest absolute Gasteiger partial charge is 0.356 e. The highest BCUT2D eigenvalue weighted by molar-refractivity contribution is 5.79. The van der Waals surface area contributed by atoms with E-state index in [9.17, 15) is 0 Å². The smallest absolute Gasteiger partial charge is 0.190 e. The maximum Gasteiger partial charge on any atom is 0.190 e. The molecule has 0 aliphatic carbocycles. The Morgan fingerprint density at radius 3 is 2.35 bits per heavy atom. The van der Waals surface area contributed by atoms with Crippen molar-refractivity contribution < 1.29 is 0 Å². The van der Waals surface area contributed by atoms with Crippen molar-refractivity contribution in [2.75, 3.05) is 39.8 Å². The summed E-state index contributed by atoms with van der Waals surface area (Å²) in [5.74, 6) is 0.887. The molecule has 6 nitrogen and oxygen atoms in total. The number of aromatic nitrogens is 2. The van der Waals surface area contributed by atoms with Crippen LogP contribution in [0.4, 0.5) is 0 Å². The Kier molecular flexibility index (Phi) is 9.36. The summed E-state index contributed by atoms with van der Waals surface area (Å²) in [5.41, 5.74) is 2.31. The highest BCUT2D eigenvalue weighted by atomic mass is 15.3. The van der Waals surface area contributed by atoms with Crippen molar-refractivity contribution >= 4 is 5.96 Å². The first-order valence-corrected chi connectivity index (χ1v) is 8.78. The number of nitrogens with zero attached hydrogens (tertiary/aromatic N) is 4. The lowest BCUT2D eigenvalue weighted by Crippen LogP contribution is -2.39. The van der Waals surface area contributed by atoms with Crippen molar-refractivity contribution in [3.05, 3.63) is 17.5 Å². The molecule has 2 N–H and O–H groups in total. The standard InChI is InChI=1S/C17H34N6/c1-6-22(7-2)12-8-10-19-17(18-5)20-11-9-13-23-16(4)14-15(3)21-23/h14H,6-13H2,1-5H3,(H2,18,19,20). The summed E-state index contributed by atoms with van der Waals surface area (Å²) < 4.78 is 2.07. The summed E-state index contributed by atoms with van der Waals surface area (Å²) in [4.78, 5) is 6.71. The SMILES string of the molecule is CCN(CC)CCCNC(=NC)NCCCn1nc(C)cc1C. The Hall–Kier alpha value is -1.56. The summed E-state index contributed by atoms with van der Waals surface area (Å²) in [7, 11) is 1.82. The van der Waals surface area contributed by atoms with Crippen LogP contribution >= 0.6 is 0 Å². The van der Waals surface area contributed by atoms with Gasteiger partial charge in [-0.25, -0.2) is 0 Å². The van der Waals surface area contributed by atoms with E-state index in [-0.39, 0.29) is 0 Å². The Morgan fingerprint density at radius 2 is 1.83 bits per heavy atom. The van der Waals surface area contributed by atoms with Gasteiger partial charge in [-0.3, -0.25) is 9.67 Å². The van der Waals surface area contributed by atoms with Gasteiger partial charge in [0.1, 0.15) is 0 Å². The van der Waals surface area contributed by atoms with Crippen LogP contribution in [-0.2, 0) is 6.54 Å². The maximum atomic E-state index is 4.48. The van der Waals surface area contributed by atoms with Gasteiger partial charge in [-0.15, -0.1) is 0 Å². The van der Waals surface area contributed by atoms with Gasteiger partial charge in [-0.05, 0) is 52.4 Å². The summed E-state index contributed by atoms with van der Waals surface area (Å²) >= 11 is 0. The summed E-state index contributed by atoms with van der Waals surface area (Å²) in [6.45, 7) is 14.7. The zero-order chi connectivity index (χ0) is 17.1. The molecule has 0 atom stereocenters. The van der Waals surface area contributed by atoms with Gasteiger partial charge in [0.15, 0.2) is 5.96 Å². The summed E-state index contributed by atoms with van der Waals surface area (Å²) in [6, 6.07) is 2.11. The van der Waals surface area contributed by atoms with Gasteiger partial charge in [-0.2, -0.15) is 5.10 Å². The lowest BCUT2D eigenvalue weighted by molar-refractivity contribution is 0.300. The number of rotatable bonds is 10. The summed E-state index contributed by atoms with van der Waals surface area (Å²) in [5, 5.41) is 11.2. The second kappa shape index (κ2) is 11.0. The molecule has 0 aliphatic rings. The van der Waals surface area contributed by atoms with E-state index in [1.165, 1.54) is 5.69 Å². The molecule has 1 aromatic heterocycles. The Morgan fingerprint density at radius 1 is 1.17 bits per heavy atom. The Balaban J connectivity index is 2.15. The fraction of sp³-hybridized carbons (Fsp3) is 0.765. The third-order valence-electron chi connectivity index (χ3n) is 4.00. The van der Waals surface area contributed by atoms with E-state index in [1.807, 2.05) is 14.0 Å². The number of hydrogen-bond donors (Lipinski definition) is 2. The zero-order valence-electron chi connectivity index (χ0n) is 15.5. The lowest BCUT2D eigenvalue weighted by atomic mass is 10.3. The quantitative estimate of drug-likeness (QED) is 0.392. The third kappa shape index (κ3) is 7.50. The molecule has 0 saturated carbocycles. The van der Waals surface area contributed by atoms with Crippen LogP contribution in [0.1, 0.15) is 38.1 Å². The molecule has 1 heterocycles. The highest BCUT2D eigenvalue weighted by Crippen LogP contribution is 2.02. The van der Waals surface area contributed by atoms with E-state index in [0.717, 1.165) is 63.8 Å². The minimum absolute atomic E-state index is 0.887. The molecule has 1 aromatic rings. The fourth-order valence-corrected chi connectivity index (χ4v) is 2.61. The molecule has 0 aromatic carbocycles. The molecule has 0 saturated heterocycles. The first-order chi connectivity index (χ1) is 11.1. The van der Waals surface area contributed by atoms with E-state index in [0.29, 0.717) is 0 Å². The molecule has 6 heteroatoms. The van der Waals surface area contributed by atoms with Crippen LogP contribution in [0.5, 0.6) is 0 Å². The predicted molar refractivity (Wildman–Crippen MR) is 98.1 cm³/mol. The molecular formula is C17H34N6. The van der Waals surface area contributed by atoms with Gasteiger partial charge in [0, 0.05) is 32.4 Å². The number of nitrogens with one attached hydrogen (secondary N) is 2. The number of aryl methyl sites for hydroxylation is 3. The van der Waals surface area contributed by atoms with Crippen LogP contribution < -0.4 is 10.6 Å². The van der Waals surface area contributed by atoms with Crippen molar-refractivity contribution in [1.29, 1.82) is 0 Å². The normalized spacial score (nSPS) is 12.0. The molecule has 0 unspecified atom stereocenters. The molecule has 0 amide bonds. The summed E-state index contributed by atoms with van der Waals surface area (Å²) in [6.07, 6.45) is 2.16. The third-order valence-corrected chi connectivity index (χ3v) is 4.00. The highest BCUT2D eigenvalue weighted by Gasteiger charge is 2.02. The van der Waals surface area contributed by atoms with Gasteiger partial charge in [-0.1, -0.05) is 13.8 Å². The zero-order valence-corrected chi connectivity index (χ0v) is 15.5. The minimum atomic E-state index is 0.887. The van der Waals surface area contributed by atoms with E-state index in [1.54, 1.807) is 0 Å². The molecular weight excluding hydrogens is 288 g/mol. The van der Waals surface area contributed by atoms with Gasteiger partial charge in [0.05, 0.1) is 5.69 Å². The average Bonchev–Trinajstić information content (AvgIpc) is 2.87. The lowest BCUT2D eigenvalue weighted by Gasteiger charge is -2.18. The monoisotopic (exact) mass is 322 g/mol. The van der Waals surface area contributed by atoms with E-state index >= 15 is 0 Å². The molecule has 0 spiro atoms. The van der Waals surface area contributed by atoms with Crippen LogP contribution in [0.3, 0.4) is 0 Å². The molecule has 0 bridgehead atoms. The topological polar surface area (TPSA) is 57.5 Å². The molecule has 0 fully saturated rings. The molecule has 23 heavy (non-hydrogen) atoms. The molecule has 0 aliphatic heterocycles. The van der Waals surface area contributed by atoms with Crippen molar-refractivity contribution in [3.8, 4) is 0 Å². The van der Waals surface area contributed by atoms with Gasteiger partial charge in [0.25, 0.3) is 0 Å². The van der Waals surface area contributed by atoms with Gasteiger partial charge >= 0.3 is 0 Å². The van der Waals surface area contributed by atoms with Crippen molar-refractivity contribution in [1.82, 2.24) is 25.3 Å². The number of hydrogen-bond acceptors (Lipinski definition) is 3. The Bertz CT molecular complexity index is 462. The number of guanidine groups is 1. The van der Waals surface area contributed by atoms with Crippen LogP contribution in [0, 0.1) is 13.8 Å². The average molecular weight is 323 g/mol. The van der Waals surface area contributed by atoms with Crippen molar-refractivity contribution in [3.63, 3.8) is 0 Å². The van der Waals surface area contributed by atoms with E-state index < -0.39 is 0 Å². The molecule has 0 radical (unpaired) electrons. The van der Waals surface area contributed by atoms with Gasteiger partial charge in [0.2, 0.25) is 0 Å². The second-order valence-electron chi connectivity index (χ2n) is 5.81. The molecule has 1 rings (SSSR count). The minimum Gasteiger partial charge on any atom is -0.356 e. The Labute approximate surface area is 141 Å². The maximum absolute atomic E-state index is 4.48. The van der Waals surface area contributed by atoms with Crippen LogP contribution in [0.2, 0.25) is 0 Å². The van der Waals surface area contributed by atoms with Crippen molar-refractivity contribution in [2.45, 2.75) is 47.1 Å². The van der Waals surface area contributed by atoms with Crippen LogP contribution in [0.15, 0.2) is 11.1 Å². The first-order valence-electron chi connectivity index (χ1n) is 8.78. The number of aliphatic imine (C=N–C) groups is 1. The second-order valence-corrected chi connectivity index (χ2v) is 5.81. The van der Waals surface area contributed by atoms with Gasteiger partial charge < -0.3 is 15.5 Å². The first kappa shape index (κ1) is 19.5. The van der Waals surface area contributed by atoms with E-state index in [4.69, 9.17) is 0 Å². The fourth-order valence-electron chi connectivity index (χ4n) is 2.61. The predicted octanol–water partition coefficient (Wildman–Crippen LogP) is 1.79.